The predicted molar refractivity (Wildman–Crippen MR) is 50.9 cm³/mol. The van der Waals surface area contributed by atoms with Crippen molar-refractivity contribution in [2.24, 2.45) is 0 Å². The Morgan fingerprint density at radius 2 is 1.09 bits per heavy atom. The predicted octanol–water partition coefficient (Wildman–Crippen LogP) is 2.97. The minimum Gasteiger partial charge on any atom is -0.230 e. The van der Waals surface area contributed by atoms with Crippen molar-refractivity contribution in [2.75, 3.05) is 0 Å². The van der Waals surface area contributed by atoms with Gasteiger partial charge in [-0.3, -0.25) is 0 Å². The van der Waals surface area contributed by atoms with Crippen molar-refractivity contribution in [3.63, 3.8) is 0 Å². The molecule has 0 aliphatic rings. The smallest absolute Gasteiger partial charge is 0.0304 e. The second kappa shape index (κ2) is 3.57. The van der Waals surface area contributed by atoms with Gasteiger partial charge < -0.3 is 0 Å². The zero-order valence-corrected chi connectivity index (χ0v) is 8.86. The van der Waals surface area contributed by atoms with Crippen LogP contribution in [0, 0.1) is 0 Å². The average molecular weight is 156 g/mol. The van der Waals surface area contributed by atoms with E-state index in [0.717, 1.165) is 12.8 Å². The van der Waals surface area contributed by atoms with Gasteiger partial charge in [0.05, 0.1) is 0 Å². The molecule has 0 aromatic heterocycles. The molecule has 0 unspecified atom stereocenters. The number of rotatable bonds is 4. The Bertz CT molecular complexity index is 100. The van der Waals surface area contributed by atoms with Crippen molar-refractivity contribution in [3.8, 4) is 0 Å². The van der Waals surface area contributed by atoms with Gasteiger partial charge in [-0.1, -0.05) is 13.8 Å². The summed E-state index contributed by atoms with van der Waals surface area (Å²) in [5.41, 5.74) is 0.305. The molecule has 0 aromatic rings. The van der Waals surface area contributed by atoms with Gasteiger partial charge >= 0.3 is 0 Å². The Morgan fingerprint density at radius 3 is 1.27 bits per heavy atom. The first-order valence-corrected chi connectivity index (χ1v) is 4.57. The maximum Gasteiger partial charge on any atom is 0.0304 e. The minimum atomic E-state index is 0.152. The first-order chi connectivity index (χ1) is 4.83. The summed E-state index contributed by atoms with van der Waals surface area (Å²) in [6.45, 7) is 13.2. The normalized spacial score (nSPS) is 13.6. The molecule has 1 heteroatoms. The minimum absolute atomic E-state index is 0.152. The van der Waals surface area contributed by atoms with E-state index in [0.29, 0.717) is 0 Å². The highest BCUT2D eigenvalue weighted by Crippen LogP contribution is 2.18. The summed E-state index contributed by atoms with van der Waals surface area (Å²) in [5.74, 6) is 0. The van der Waals surface area contributed by atoms with Crippen LogP contribution in [-0.4, -0.2) is 11.1 Å². The fourth-order valence-corrected chi connectivity index (χ4v) is 0.977. The molecule has 0 saturated heterocycles. The van der Waals surface area contributed by atoms with Gasteiger partial charge in [0, 0.05) is 11.1 Å². The van der Waals surface area contributed by atoms with E-state index in [1.54, 1.807) is 0 Å². The van der Waals surface area contributed by atoms with Crippen LogP contribution in [0.25, 0.3) is 0 Å². The summed E-state index contributed by atoms with van der Waals surface area (Å²) in [6, 6.07) is 0. The highest BCUT2D eigenvalue weighted by Gasteiger charge is 2.25. The van der Waals surface area contributed by atoms with E-state index in [-0.39, 0.29) is 11.1 Å². The second-order valence-electron chi connectivity index (χ2n) is 4.44. The lowest BCUT2D eigenvalue weighted by Crippen LogP contribution is -2.45. The third-order valence-electron chi connectivity index (χ3n) is 2.34. The molecule has 0 aliphatic carbocycles. The van der Waals surface area contributed by atoms with Gasteiger partial charge in [0.25, 0.3) is 0 Å². The van der Waals surface area contributed by atoms with E-state index in [1.807, 2.05) is 0 Å². The molecule has 0 heterocycles. The molecule has 0 N–H and O–H groups in total. The highest BCUT2D eigenvalue weighted by molar-refractivity contribution is 4.85. The van der Waals surface area contributed by atoms with Crippen LogP contribution < -0.4 is 5.32 Å². The molecule has 1 radical (unpaired) electrons. The highest BCUT2D eigenvalue weighted by atomic mass is 15.0. The molecule has 0 saturated carbocycles. The van der Waals surface area contributed by atoms with Gasteiger partial charge in [0.15, 0.2) is 0 Å². The van der Waals surface area contributed by atoms with Gasteiger partial charge in [-0.25, -0.2) is 5.32 Å². The fraction of sp³-hybridized carbons (Fsp3) is 1.00. The molecule has 0 rings (SSSR count). The molecule has 0 aliphatic heterocycles. The molecule has 67 valence electrons. The summed E-state index contributed by atoms with van der Waals surface area (Å²) in [4.78, 5) is 0. The van der Waals surface area contributed by atoms with Gasteiger partial charge in [0.2, 0.25) is 0 Å². The third-order valence-corrected chi connectivity index (χ3v) is 2.34. The Kier molecular flexibility index (Phi) is 3.56. The van der Waals surface area contributed by atoms with Crippen molar-refractivity contribution in [1.29, 1.82) is 0 Å². The van der Waals surface area contributed by atoms with Crippen LogP contribution in [0.2, 0.25) is 0 Å². The lowest BCUT2D eigenvalue weighted by Gasteiger charge is -2.33. The van der Waals surface area contributed by atoms with E-state index >= 15 is 0 Å². The van der Waals surface area contributed by atoms with Crippen LogP contribution in [0.15, 0.2) is 0 Å². The van der Waals surface area contributed by atoms with Crippen LogP contribution in [0.1, 0.15) is 54.4 Å². The summed E-state index contributed by atoms with van der Waals surface area (Å²) in [6.07, 6.45) is 2.24. The van der Waals surface area contributed by atoms with Crippen molar-refractivity contribution in [3.05, 3.63) is 0 Å². The van der Waals surface area contributed by atoms with Gasteiger partial charge in [-0.2, -0.15) is 0 Å². The quantitative estimate of drug-likeness (QED) is 0.594. The number of hydrogen-bond donors (Lipinski definition) is 0. The van der Waals surface area contributed by atoms with Crippen LogP contribution in [0.4, 0.5) is 0 Å². The van der Waals surface area contributed by atoms with Crippen molar-refractivity contribution >= 4 is 0 Å². The first-order valence-electron chi connectivity index (χ1n) is 4.57. The number of hydrogen-bond acceptors (Lipinski definition) is 0. The molecule has 11 heavy (non-hydrogen) atoms. The molecular weight excluding hydrogens is 134 g/mol. The molecule has 0 spiro atoms. The Morgan fingerprint density at radius 1 is 0.818 bits per heavy atom. The van der Waals surface area contributed by atoms with Gasteiger partial charge in [-0.05, 0) is 40.5 Å². The van der Waals surface area contributed by atoms with E-state index < -0.39 is 0 Å². The molecule has 1 nitrogen and oxygen atoms in total. The lowest BCUT2D eigenvalue weighted by atomic mass is 9.93. The molecule has 0 amide bonds. The molecular formula is C10H22N. The van der Waals surface area contributed by atoms with Gasteiger partial charge in [0.1, 0.15) is 0 Å². The zero-order chi connectivity index (χ0) is 9.12. The topological polar surface area (TPSA) is 14.1 Å². The number of nitrogens with zero attached hydrogens (tertiary/aromatic N) is 1. The fourth-order valence-electron chi connectivity index (χ4n) is 0.977. The summed E-state index contributed by atoms with van der Waals surface area (Å²) >= 11 is 0. The second-order valence-corrected chi connectivity index (χ2v) is 4.44. The lowest BCUT2D eigenvalue weighted by molar-refractivity contribution is 0.243. The monoisotopic (exact) mass is 156 g/mol. The Labute approximate surface area is 71.6 Å². The Hall–Kier alpha value is -0.0400. The zero-order valence-electron chi connectivity index (χ0n) is 8.86. The third kappa shape index (κ3) is 4.41. The van der Waals surface area contributed by atoms with E-state index in [1.165, 1.54) is 0 Å². The van der Waals surface area contributed by atoms with Crippen molar-refractivity contribution < 1.29 is 0 Å². The van der Waals surface area contributed by atoms with E-state index in [4.69, 9.17) is 5.32 Å². The largest absolute Gasteiger partial charge is 0.230 e. The van der Waals surface area contributed by atoms with Crippen molar-refractivity contribution in [1.82, 2.24) is 5.32 Å². The van der Waals surface area contributed by atoms with Crippen molar-refractivity contribution in [2.45, 2.75) is 65.5 Å². The summed E-state index contributed by atoms with van der Waals surface area (Å²) in [5, 5.41) is 4.78. The van der Waals surface area contributed by atoms with Crippen LogP contribution in [-0.2, 0) is 0 Å². The average Bonchev–Trinajstić information content (AvgIpc) is 1.86. The maximum atomic E-state index is 4.78. The van der Waals surface area contributed by atoms with E-state index in [2.05, 4.69) is 41.5 Å². The van der Waals surface area contributed by atoms with Gasteiger partial charge in [-0.15, -0.1) is 0 Å². The molecule has 0 atom stereocenters. The molecule has 0 aromatic carbocycles. The maximum absolute atomic E-state index is 4.78. The molecule has 0 fully saturated rings. The Balaban J connectivity index is 4.02. The standard InChI is InChI=1S/C10H22N/c1-7-9(3,4)11-10(5,6)8-2/h7-8H2,1-6H3. The van der Waals surface area contributed by atoms with Crippen LogP contribution in [0.5, 0.6) is 0 Å². The first kappa shape index (κ1) is 11.0. The van der Waals surface area contributed by atoms with E-state index in [9.17, 15) is 0 Å². The summed E-state index contributed by atoms with van der Waals surface area (Å²) in [7, 11) is 0. The molecule has 0 bridgehead atoms. The van der Waals surface area contributed by atoms with Crippen LogP contribution >= 0.6 is 0 Å². The van der Waals surface area contributed by atoms with Crippen LogP contribution in [0.3, 0.4) is 0 Å². The summed E-state index contributed by atoms with van der Waals surface area (Å²) < 4.78 is 0. The SMILES string of the molecule is CCC(C)(C)[N]C(C)(C)CC.